The van der Waals surface area contributed by atoms with Crippen LogP contribution in [0, 0.1) is 11.3 Å². The fraction of sp³-hybridized carbons (Fsp3) is 0.222. The van der Waals surface area contributed by atoms with Gasteiger partial charge in [0, 0.05) is 4.90 Å². The normalized spacial score (nSPS) is 11.9. The first-order valence-corrected chi connectivity index (χ1v) is 7.09. The van der Waals surface area contributed by atoms with Gasteiger partial charge in [0.25, 0.3) is 0 Å². The molecule has 0 saturated carbocycles. The van der Waals surface area contributed by atoms with Gasteiger partial charge >= 0.3 is 5.51 Å². The third-order valence-electron chi connectivity index (χ3n) is 1.64. The van der Waals surface area contributed by atoms with Crippen LogP contribution in [0.3, 0.4) is 0 Å². The van der Waals surface area contributed by atoms with E-state index >= 15 is 0 Å². The molecular weight excluding hydrogens is 289 g/mol. The van der Waals surface area contributed by atoms with E-state index in [0.29, 0.717) is 0 Å². The van der Waals surface area contributed by atoms with Crippen LogP contribution in [0.1, 0.15) is 5.56 Å². The second-order valence-corrected chi connectivity index (χ2v) is 6.13. The van der Waals surface area contributed by atoms with Crippen molar-refractivity contribution in [3.05, 3.63) is 23.8 Å². The Morgan fingerprint density at radius 2 is 2.00 bits per heavy atom. The van der Waals surface area contributed by atoms with Crippen LogP contribution in [0.15, 0.2) is 23.1 Å². The Balaban J connectivity index is 3.09. The van der Waals surface area contributed by atoms with Crippen molar-refractivity contribution < 1.29 is 21.6 Å². The number of halogens is 3. The zero-order chi connectivity index (χ0) is 14.0. The third kappa shape index (κ3) is 4.85. The fourth-order valence-electron chi connectivity index (χ4n) is 1.10. The quantitative estimate of drug-likeness (QED) is 0.870. The van der Waals surface area contributed by atoms with Crippen molar-refractivity contribution in [2.45, 2.75) is 10.4 Å². The Morgan fingerprint density at radius 3 is 2.44 bits per heavy atom. The summed E-state index contributed by atoms with van der Waals surface area (Å²) in [4.78, 5) is -0.182. The number of nitrogens with one attached hydrogen (secondary N) is 1. The number of benzene rings is 1. The lowest BCUT2D eigenvalue weighted by Crippen LogP contribution is -2.10. The lowest BCUT2D eigenvalue weighted by Gasteiger charge is -2.09. The van der Waals surface area contributed by atoms with E-state index in [0.717, 1.165) is 24.5 Å². The summed E-state index contributed by atoms with van der Waals surface area (Å²) in [5, 5.41) is 8.76. The molecule has 1 aromatic rings. The van der Waals surface area contributed by atoms with E-state index in [4.69, 9.17) is 5.26 Å². The average Bonchev–Trinajstić information content (AvgIpc) is 2.16. The van der Waals surface area contributed by atoms with Crippen molar-refractivity contribution in [2.24, 2.45) is 0 Å². The molecule has 9 heteroatoms. The molecule has 4 nitrogen and oxygen atoms in total. The molecule has 0 aliphatic carbocycles. The molecule has 0 aliphatic heterocycles. The number of nitrogens with zero attached hydrogens (tertiary/aromatic N) is 1. The fourth-order valence-corrected chi connectivity index (χ4v) is 2.26. The van der Waals surface area contributed by atoms with Crippen LogP contribution in [-0.2, 0) is 10.0 Å². The predicted octanol–water partition coefficient (Wildman–Crippen LogP) is 2.54. The molecule has 0 saturated heterocycles. The average molecular weight is 296 g/mol. The monoisotopic (exact) mass is 296 g/mol. The molecule has 0 aliphatic rings. The Morgan fingerprint density at radius 1 is 1.39 bits per heavy atom. The first-order valence-electron chi connectivity index (χ1n) is 4.38. The summed E-state index contributed by atoms with van der Waals surface area (Å²) in [5.41, 5.74) is -4.68. The van der Waals surface area contributed by atoms with E-state index in [9.17, 15) is 21.6 Å². The van der Waals surface area contributed by atoms with E-state index in [2.05, 4.69) is 0 Å². The van der Waals surface area contributed by atoms with Gasteiger partial charge in [0.1, 0.15) is 6.07 Å². The summed E-state index contributed by atoms with van der Waals surface area (Å²) in [6.45, 7) is 0. The lowest BCUT2D eigenvalue weighted by molar-refractivity contribution is -0.0328. The maximum atomic E-state index is 12.1. The summed E-state index contributed by atoms with van der Waals surface area (Å²) in [6, 6.07) is 4.82. The number of alkyl halides is 3. The van der Waals surface area contributed by atoms with Crippen molar-refractivity contribution in [2.75, 3.05) is 11.0 Å². The Kier molecular flexibility index (Phi) is 4.13. The number of thioether (sulfide) groups is 1. The topological polar surface area (TPSA) is 70.0 Å². The molecule has 0 heterocycles. The smallest absolute Gasteiger partial charge is 0.282 e. The van der Waals surface area contributed by atoms with Gasteiger partial charge in [-0.05, 0) is 30.0 Å². The lowest BCUT2D eigenvalue weighted by atomic mass is 10.2. The summed E-state index contributed by atoms with van der Waals surface area (Å²) in [7, 11) is -3.59. The van der Waals surface area contributed by atoms with Crippen LogP contribution >= 0.6 is 11.8 Å². The second kappa shape index (κ2) is 5.07. The van der Waals surface area contributed by atoms with Crippen LogP contribution in [0.2, 0.25) is 0 Å². The molecule has 0 bridgehead atoms. The number of anilines is 1. The molecule has 98 valence electrons. The molecule has 0 amide bonds. The van der Waals surface area contributed by atoms with E-state index in [-0.39, 0.29) is 27.9 Å². The molecule has 1 N–H and O–H groups in total. The second-order valence-electron chi connectivity index (χ2n) is 3.24. The molecule has 0 aromatic heterocycles. The van der Waals surface area contributed by atoms with Gasteiger partial charge in [-0.3, -0.25) is 4.72 Å². The first kappa shape index (κ1) is 14.7. The minimum absolute atomic E-state index is 0.0495. The van der Waals surface area contributed by atoms with Gasteiger partial charge in [0.05, 0.1) is 17.5 Å². The first-order chi connectivity index (χ1) is 8.11. The van der Waals surface area contributed by atoms with E-state index in [1.807, 2.05) is 4.72 Å². The predicted molar refractivity (Wildman–Crippen MR) is 61.5 cm³/mol. The highest BCUT2D eigenvalue weighted by molar-refractivity contribution is 8.00. The van der Waals surface area contributed by atoms with Crippen molar-refractivity contribution in [1.29, 1.82) is 5.26 Å². The van der Waals surface area contributed by atoms with Crippen molar-refractivity contribution in [1.82, 2.24) is 0 Å². The van der Waals surface area contributed by atoms with E-state index < -0.39 is 15.5 Å². The largest absolute Gasteiger partial charge is 0.446 e. The Bertz CT molecular complexity index is 591. The summed E-state index contributed by atoms with van der Waals surface area (Å²) in [5.74, 6) is 0. The van der Waals surface area contributed by atoms with E-state index in [1.165, 1.54) is 0 Å². The SMILES string of the molecule is CS(=O)(=O)Nc1ccc(SC(F)(F)F)cc1C#N. The molecule has 0 fully saturated rings. The van der Waals surface area contributed by atoms with Gasteiger partial charge in [-0.15, -0.1) is 0 Å². The minimum atomic E-state index is -4.46. The number of hydrogen-bond acceptors (Lipinski definition) is 4. The zero-order valence-electron chi connectivity index (χ0n) is 8.95. The van der Waals surface area contributed by atoms with Crippen LogP contribution in [0.4, 0.5) is 18.9 Å². The van der Waals surface area contributed by atoms with Crippen LogP contribution in [-0.4, -0.2) is 20.2 Å². The molecule has 0 radical (unpaired) electrons. The van der Waals surface area contributed by atoms with Crippen LogP contribution < -0.4 is 4.72 Å². The molecule has 0 atom stereocenters. The molecule has 1 rings (SSSR count). The molecule has 0 unspecified atom stereocenters. The van der Waals surface area contributed by atoms with Crippen molar-refractivity contribution in [3.63, 3.8) is 0 Å². The van der Waals surface area contributed by atoms with E-state index in [1.54, 1.807) is 6.07 Å². The van der Waals surface area contributed by atoms with Gasteiger partial charge in [0.2, 0.25) is 10.0 Å². The molecule has 18 heavy (non-hydrogen) atoms. The molecule has 1 aromatic carbocycles. The van der Waals surface area contributed by atoms with Gasteiger partial charge < -0.3 is 0 Å². The van der Waals surface area contributed by atoms with Crippen molar-refractivity contribution >= 4 is 27.5 Å². The van der Waals surface area contributed by atoms with Gasteiger partial charge in [-0.1, -0.05) is 0 Å². The maximum Gasteiger partial charge on any atom is 0.446 e. The molecule has 0 spiro atoms. The minimum Gasteiger partial charge on any atom is -0.282 e. The summed E-state index contributed by atoms with van der Waals surface area (Å²) < 4.78 is 60.4. The maximum absolute atomic E-state index is 12.1. The zero-order valence-corrected chi connectivity index (χ0v) is 10.6. The van der Waals surface area contributed by atoms with Crippen molar-refractivity contribution in [3.8, 4) is 6.07 Å². The highest BCUT2D eigenvalue weighted by Gasteiger charge is 2.29. The standard InChI is InChI=1S/C9H7F3N2O2S2/c1-18(15,16)14-8-3-2-7(4-6(8)5-13)17-9(10,11)12/h2-4,14H,1H3. The number of sulfonamides is 1. The van der Waals surface area contributed by atoms with Crippen LogP contribution in [0.5, 0.6) is 0 Å². The molecular formula is C9H7F3N2O2S2. The Labute approximate surface area is 106 Å². The number of nitriles is 1. The van der Waals surface area contributed by atoms with Gasteiger partial charge in [0.15, 0.2) is 0 Å². The van der Waals surface area contributed by atoms with Crippen LogP contribution in [0.25, 0.3) is 0 Å². The Hall–Kier alpha value is -1.40. The van der Waals surface area contributed by atoms with Gasteiger partial charge in [-0.25, -0.2) is 8.42 Å². The number of rotatable bonds is 3. The number of hydrogen-bond donors (Lipinski definition) is 1. The highest BCUT2D eigenvalue weighted by Crippen LogP contribution is 2.37. The summed E-state index contributed by atoms with van der Waals surface area (Å²) in [6.07, 6.45) is 0.881. The highest BCUT2D eigenvalue weighted by atomic mass is 32.2. The summed E-state index contributed by atoms with van der Waals surface area (Å²) >= 11 is -0.371. The third-order valence-corrected chi connectivity index (χ3v) is 2.95. The van der Waals surface area contributed by atoms with Gasteiger partial charge in [-0.2, -0.15) is 18.4 Å².